The number of hydrogen-bond acceptors (Lipinski definition) is 7. The molecule has 10 heteroatoms. The Morgan fingerprint density at radius 3 is 2.67 bits per heavy atom. The van der Waals surface area contributed by atoms with Crippen LogP contribution in [0.15, 0.2) is 60.8 Å². The Balaban J connectivity index is 1.25. The van der Waals surface area contributed by atoms with Crippen LogP contribution in [0.2, 0.25) is 5.15 Å². The van der Waals surface area contributed by atoms with Crippen molar-refractivity contribution in [1.29, 1.82) is 0 Å². The summed E-state index contributed by atoms with van der Waals surface area (Å²) in [6, 6.07) is 17.5. The maximum Gasteiger partial charge on any atom is 0.323 e. The highest BCUT2D eigenvalue weighted by Gasteiger charge is 2.09. The fourth-order valence-corrected chi connectivity index (χ4v) is 3.52. The number of anilines is 3. The lowest BCUT2D eigenvalue weighted by Gasteiger charge is -2.08. The average molecular weight is 461 g/mol. The van der Waals surface area contributed by atoms with Crippen LogP contribution in [-0.2, 0) is 13.6 Å². The molecule has 0 saturated carbocycles. The highest BCUT2D eigenvalue weighted by molar-refractivity contribution is 6.29. The number of imidazole rings is 1. The van der Waals surface area contributed by atoms with Gasteiger partial charge in [0.15, 0.2) is 5.82 Å². The Labute approximate surface area is 194 Å². The van der Waals surface area contributed by atoms with Gasteiger partial charge in [0.25, 0.3) is 0 Å². The van der Waals surface area contributed by atoms with E-state index in [1.807, 2.05) is 61.0 Å². The van der Waals surface area contributed by atoms with Crippen molar-refractivity contribution < 1.29 is 4.74 Å². The molecule has 0 saturated heterocycles. The van der Waals surface area contributed by atoms with Crippen LogP contribution in [0.5, 0.6) is 11.8 Å². The summed E-state index contributed by atoms with van der Waals surface area (Å²) in [5.41, 5.74) is 4.96. The topological polar surface area (TPSA) is 106 Å². The van der Waals surface area contributed by atoms with Gasteiger partial charge in [0.1, 0.15) is 10.9 Å². The molecule has 0 unspecified atom stereocenters. The van der Waals surface area contributed by atoms with E-state index in [0.29, 0.717) is 17.4 Å². The average Bonchev–Trinajstić information content (AvgIpc) is 3.36. The maximum absolute atomic E-state index is 5.87. The van der Waals surface area contributed by atoms with Crippen LogP contribution in [0, 0.1) is 6.92 Å². The number of aromatic amines is 1. The predicted octanol–water partition coefficient (Wildman–Crippen LogP) is 5.20. The molecule has 0 aliphatic rings. The molecule has 0 aliphatic heterocycles. The molecular formula is C23H21ClN8O. The van der Waals surface area contributed by atoms with Crippen LogP contribution in [0.3, 0.4) is 0 Å². The minimum atomic E-state index is 0.212. The number of aromatic nitrogens is 6. The quantitative estimate of drug-likeness (QED) is 0.287. The Hall–Kier alpha value is -4.11. The van der Waals surface area contributed by atoms with Crippen molar-refractivity contribution in [3.8, 4) is 11.8 Å². The van der Waals surface area contributed by atoms with E-state index in [9.17, 15) is 0 Å². The van der Waals surface area contributed by atoms with Gasteiger partial charge in [0, 0.05) is 37.2 Å². The molecule has 9 nitrogen and oxygen atoms in total. The lowest BCUT2D eigenvalue weighted by Crippen LogP contribution is -2.05. The molecule has 0 radical (unpaired) electrons. The first-order valence-electron chi connectivity index (χ1n) is 10.3. The Morgan fingerprint density at radius 2 is 1.91 bits per heavy atom. The third-order valence-corrected chi connectivity index (χ3v) is 5.25. The number of H-pyrrole nitrogens is 1. The third-order valence-electron chi connectivity index (χ3n) is 5.04. The molecule has 5 aromatic rings. The number of hydrogen-bond donors (Lipinski definition) is 3. The molecular weight excluding hydrogens is 440 g/mol. The standard InChI is InChI=1S/C23H21ClN8O/c1-14-11-21(31-30-14)27-16-5-8-18-19(12-16)32(2)22(28-18)26-13-15-3-6-17(7-4-15)33-23-25-10-9-20(24)29-23/h3-12H,13H2,1-2H3,(H,26,28)(H2,27,30,31). The van der Waals surface area contributed by atoms with Gasteiger partial charge in [-0.05, 0) is 48.9 Å². The number of benzene rings is 2. The zero-order chi connectivity index (χ0) is 22.8. The second-order valence-corrected chi connectivity index (χ2v) is 7.91. The van der Waals surface area contributed by atoms with Gasteiger partial charge in [-0.2, -0.15) is 10.1 Å². The molecule has 0 atom stereocenters. The Morgan fingerprint density at radius 1 is 1.06 bits per heavy atom. The summed E-state index contributed by atoms with van der Waals surface area (Å²) in [5, 5.41) is 14.2. The number of halogens is 1. The summed E-state index contributed by atoms with van der Waals surface area (Å²) in [4.78, 5) is 12.8. The van der Waals surface area contributed by atoms with Crippen LogP contribution < -0.4 is 15.4 Å². The molecule has 0 fully saturated rings. The number of ether oxygens (including phenoxy) is 1. The predicted molar refractivity (Wildman–Crippen MR) is 128 cm³/mol. The normalized spacial score (nSPS) is 11.0. The van der Waals surface area contributed by atoms with Crippen molar-refractivity contribution in [1.82, 2.24) is 29.7 Å². The largest absolute Gasteiger partial charge is 0.424 e. The monoisotopic (exact) mass is 460 g/mol. The lowest BCUT2D eigenvalue weighted by molar-refractivity contribution is 0.442. The fourth-order valence-electron chi connectivity index (χ4n) is 3.39. The van der Waals surface area contributed by atoms with E-state index in [-0.39, 0.29) is 6.01 Å². The maximum atomic E-state index is 5.87. The van der Waals surface area contributed by atoms with E-state index in [0.717, 1.165) is 39.7 Å². The highest BCUT2D eigenvalue weighted by atomic mass is 35.5. The van der Waals surface area contributed by atoms with Crippen molar-refractivity contribution in [2.45, 2.75) is 13.5 Å². The van der Waals surface area contributed by atoms with Gasteiger partial charge in [-0.15, -0.1) is 0 Å². The first-order valence-corrected chi connectivity index (χ1v) is 10.7. The van der Waals surface area contributed by atoms with E-state index in [4.69, 9.17) is 21.3 Å². The van der Waals surface area contributed by atoms with Gasteiger partial charge in [-0.3, -0.25) is 5.10 Å². The van der Waals surface area contributed by atoms with E-state index in [1.165, 1.54) is 0 Å². The van der Waals surface area contributed by atoms with E-state index >= 15 is 0 Å². The van der Waals surface area contributed by atoms with Crippen molar-refractivity contribution in [3.63, 3.8) is 0 Å². The van der Waals surface area contributed by atoms with Crippen LogP contribution >= 0.6 is 11.6 Å². The fraction of sp³-hybridized carbons (Fsp3) is 0.130. The summed E-state index contributed by atoms with van der Waals surface area (Å²) in [6.45, 7) is 2.58. The number of nitrogens with zero attached hydrogens (tertiary/aromatic N) is 5. The van der Waals surface area contributed by atoms with Gasteiger partial charge in [-0.1, -0.05) is 23.7 Å². The number of rotatable bonds is 7. The summed E-state index contributed by atoms with van der Waals surface area (Å²) >= 11 is 5.87. The second kappa shape index (κ2) is 8.79. The summed E-state index contributed by atoms with van der Waals surface area (Å²) in [6.07, 6.45) is 1.55. The molecule has 33 heavy (non-hydrogen) atoms. The second-order valence-electron chi connectivity index (χ2n) is 7.52. The summed E-state index contributed by atoms with van der Waals surface area (Å²) in [7, 11) is 1.99. The minimum Gasteiger partial charge on any atom is -0.424 e. The summed E-state index contributed by atoms with van der Waals surface area (Å²) in [5.74, 6) is 2.20. The molecule has 2 aromatic carbocycles. The van der Waals surface area contributed by atoms with Gasteiger partial charge in [0.05, 0.1) is 11.0 Å². The zero-order valence-electron chi connectivity index (χ0n) is 18.0. The van der Waals surface area contributed by atoms with Gasteiger partial charge in [-0.25, -0.2) is 9.97 Å². The van der Waals surface area contributed by atoms with E-state index in [1.54, 1.807) is 12.3 Å². The SMILES string of the molecule is Cc1cc(Nc2ccc3nc(NCc4ccc(Oc5nccc(Cl)n5)cc4)n(C)c3c2)n[nH]1. The van der Waals surface area contributed by atoms with Crippen LogP contribution in [0.25, 0.3) is 11.0 Å². The van der Waals surface area contributed by atoms with Crippen molar-refractivity contribution in [3.05, 3.63) is 77.2 Å². The van der Waals surface area contributed by atoms with Gasteiger partial charge in [0.2, 0.25) is 5.95 Å². The molecule has 0 spiro atoms. The lowest BCUT2D eigenvalue weighted by atomic mass is 10.2. The Bertz CT molecular complexity index is 1410. The molecule has 166 valence electrons. The zero-order valence-corrected chi connectivity index (χ0v) is 18.8. The van der Waals surface area contributed by atoms with E-state index in [2.05, 4.69) is 36.9 Å². The summed E-state index contributed by atoms with van der Waals surface area (Å²) < 4.78 is 7.67. The molecule has 0 aliphatic carbocycles. The number of nitrogens with one attached hydrogen (secondary N) is 3. The van der Waals surface area contributed by atoms with Crippen LogP contribution in [-0.4, -0.2) is 29.7 Å². The van der Waals surface area contributed by atoms with Crippen molar-refractivity contribution in [2.24, 2.45) is 7.05 Å². The molecule has 0 amide bonds. The molecule has 0 bridgehead atoms. The third kappa shape index (κ3) is 4.73. The van der Waals surface area contributed by atoms with Crippen LogP contribution in [0.4, 0.5) is 17.5 Å². The Kier molecular flexibility index (Phi) is 5.54. The first-order chi connectivity index (χ1) is 16.0. The highest BCUT2D eigenvalue weighted by Crippen LogP contribution is 2.25. The van der Waals surface area contributed by atoms with E-state index < -0.39 is 0 Å². The molecule has 5 rings (SSSR count). The van der Waals surface area contributed by atoms with Gasteiger partial charge < -0.3 is 19.9 Å². The van der Waals surface area contributed by atoms with Gasteiger partial charge >= 0.3 is 6.01 Å². The van der Waals surface area contributed by atoms with Crippen LogP contribution in [0.1, 0.15) is 11.3 Å². The van der Waals surface area contributed by atoms with Crippen molar-refractivity contribution >= 4 is 40.1 Å². The smallest absolute Gasteiger partial charge is 0.323 e. The van der Waals surface area contributed by atoms with Crippen molar-refractivity contribution in [2.75, 3.05) is 10.6 Å². The minimum absolute atomic E-state index is 0.212. The number of fused-ring (bicyclic) bond motifs is 1. The molecule has 3 N–H and O–H groups in total. The number of aryl methyl sites for hydroxylation is 2. The molecule has 3 aromatic heterocycles. The first kappa shape index (κ1) is 20.8. The molecule has 3 heterocycles.